The fourth-order valence-corrected chi connectivity index (χ4v) is 8.91. The molecular formula is C49H33ClN2. The third kappa shape index (κ3) is 4.51. The molecule has 0 radical (unpaired) electrons. The summed E-state index contributed by atoms with van der Waals surface area (Å²) in [7, 11) is 0. The van der Waals surface area contributed by atoms with Gasteiger partial charge in [0.25, 0.3) is 0 Å². The average Bonchev–Trinajstić information content (AvgIpc) is 3.67. The van der Waals surface area contributed by atoms with Gasteiger partial charge in [0.2, 0.25) is 0 Å². The average molecular weight is 685 g/mol. The molecule has 0 aliphatic heterocycles. The Kier molecular flexibility index (Phi) is 7.12. The Bertz CT molecular complexity index is 2570. The summed E-state index contributed by atoms with van der Waals surface area (Å²) in [5.41, 5.74) is 16.4. The monoisotopic (exact) mass is 684 g/mol. The van der Waals surface area contributed by atoms with E-state index >= 15 is 0 Å². The molecule has 0 atom stereocenters. The van der Waals surface area contributed by atoms with Crippen LogP contribution >= 0.6 is 11.6 Å². The zero-order chi connectivity index (χ0) is 34.6. The molecule has 10 rings (SSSR count). The van der Waals surface area contributed by atoms with Gasteiger partial charge < -0.3 is 9.80 Å². The summed E-state index contributed by atoms with van der Waals surface area (Å²) in [4.78, 5) is 4.69. The van der Waals surface area contributed by atoms with Crippen molar-refractivity contribution in [1.82, 2.24) is 0 Å². The summed E-state index contributed by atoms with van der Waals surface area (Å²) in [5.74, 6) is 0. The van der Waals surface area contributed by atoms with Gasteiger partial charge in [-0.25, -0.2) is 0 Å². The smallest absolute Gasteiger partial charge is 0.0726 e. The van der Waals surface area contributed by atoms with E-state index in [0.29, 0.717) is 5.02 Å². The van der Waals surface area contributed by atoms with Crippen LogP contribution < -0.4 is 9.80 Å². The Morgan fingerprint density at radius 2 is 0.750 bits per heavy atom. The highest BCUT2D eigenvalue weighted by atomic mass is 35.5. The summed E-state index contributed by atoms with van der Waals surface area (Å²) < 4.78 is 0. The van der Waals surface area contributed by atoms with Crippen LogP contribution in [0.25, 0.3) is 22.3 Å². The highest BCUT2D eigenvalue weighted by molar-refractivity contribution is 6.30. The Morgan fingerprint density at radius 3 is 1.37 bits per heavy atom. The molecule has 52 heavy (non-hydrogen) atoms. The van der Waals surface area contributed by atoms with E-state index in [2.05, 4.69) is 192 Å². The number of hydrogen-bond donors (Lipinski definition) is 0. The molecule has 0 amide bonds. The summed E-state index contributed by atoms with van der Waals surface area (Å²) in [6, 6.07) is 72.0. The van der Waals surface area contributed by atoms with Crippen molar-refractivity contribution in [1.29, 1.82) is 0 Å². The Balaban J connectivity index is 1.23. The van der Waals surface area contributed by atoms with Crippen molar-refractivity contribution in [3.8, 4) is 22.3 Å². The Labute approximate surface area is 309 Å². The van der Waals surface area contributed by atoms with Crippen LogP contribution in [0.2, 0.25) is 5.02 Å². The lowest BCUT2D eigenvalue weighted by Crippen LogP contribution is -2.26. The van der Waals surface area contributed by atoms with Crippen molar-refractivity contribution in [2.75, 3.05) is 9.80 Å². The van der Waals surface area contributed by atoms with Crippen LogP contribution in [0.1, 0.15) is 22.3 Å². The van der Waals surface area contributed by atoms with Crippen molar-refractivity contribution in [3.05, 3.63) is 227 Å². The van der Waals surface area contributed by atoms with Crippen molar-refractivity contribution < 1.29 is 0 Å². The van der Waals surface area contributed by atoms with Crippen molar-refractivity contribution >= 4 is 45.7 Å². The molecule has 2 aliphatic carbocycles. The normalized spacial score (nSPS) is 12.9. The molecule has 0 N–H and O–H groups in total. The van der Waals surface area contributed by atoms with Gasteiger partial charge in [0, 0.05) is 39.0 Å². The van der Waals surface area contributed by atoms with Crippen molar-refractivity contribution in [2.24, 2.45) is 0 Å². The number of anilines is 6. The maximum atomic E-state index is 6.58. The zero-order valence-corrected chi connectivity index (χ0v) is 29.1. The topological polar surface area (TPSA) is 6.48 Å². The molecule has 1 spiro atoms. The van der Waals surface area contributed by atoms with E-state index < -0.39 is 5.41 Å². The molecule has 0 heterocycles. The first-order valence-electron chi connectivity index (χ1n) is 17.7. The van der Waals surface area contributed by atoms with Crippen LogP contribution in [0.3, 0.4) is 0 Å². The lowest BCUT2D eigenvalue weighted by Gasteiger charge is -2.32. The van der Waals surface area contributed by atoms with Gasteiger partial charge in [-0.15, -0.1) is 0 Å². The summed E-state index contributed by atoms with van der Waals surface area (Å²) in [6.45, 7) is 0. The molecule has 8 aromatic carbocycles. The molecule has 0 saturated carbocycles. The maximum absolute atomic E-state index is 6.58. The van der Waals surface area contributed by atoms with E-state index in [0.717, 1.165) is 34.1 Å². The highest BCUT2D eigenvalue weighted by Gasteiger charge is 2.52. The third-order valence-electron chi connectivity index (χ3n) is 10.7. The minimum absolute atomic E-state index is 0.421. The molecule has 0 bridgehead atoms. The molecule has 246 valence electrons. The predicted molar refractivity (Wildman–Crippen MR) is 217 cm³/mol. The number of fused-ring (bicyclic) bond motifs is 10. The molecule has 2 aliphatic rings. The van der Waals surface area contributed by atoms with Gasteiger partial charge in [-0.3, -0.25) is 0 Å². The molecule has 2 nitrogen and oxygen atoms in total. The van der Waals surface area contributed by atoms with E-state index in [1.807, 2.05) is 18.2 Å². The van der Waals surface area contributed by atoms with E-state index in [9.17, 15) is 0 Å². The largest absolute Gasteiger partial charge is 0.310 e. The van der Waals surface area contributed by atoms with Crippen LogP contribution in [-0.2, 0) is 5.41 Å². The molecule has 0 aromatic heterocycles. The van der Waals surface area contributed by atoms with Gasteiger partial charge in [0.1, 0.15) is 0 Å². The predicted octanol–water partition coefficient (Wildman–Crippen LogP) is 13.6. The Hall–Kier alpha value is -6.35. The number of hydrogen-bond acceptors (Lipinski definition) is 2. The van der Waals surface area contributed by atoms with Gasteiger partial charge in [0.15, 0.2) is 0 Å². The summed E-state index contributed by atoms with van der Waals surface area (Å²) in [5, 5.41) is 0.697. The van der Waals surface area contributed by atoms with Gasteiger partial charge in [0.05, 0.1) is 11.1 Å². The zero-order valence-electron chi connectivity index (χ0n) is 28.3. The number of rotatable bonds is 6. The van der Waals surface area contributed by atoms with E-state index in [4.69, 9.17) is 11.6 Å². The SMILES string of the molecule is Clc1cccc(N(c2ccccc2)c2cccc(N(c3ccccc3)c3cccc4c3-c3ccccc3C43c4ccccc4-c4ccccc43)c2)c1. The second-order valence-corrected chi connectivity index (χ2v) is 13.9. The number of halogens is 1. The van der Waals surface area contributed by atoms with Crippen LogP contribution in [0.4, 0.5) is 34.1 Å². The third-order valence-corrected chi connectivity index (χ3v) is 10.9. The van der Waals surface area contributed by atoms with Crippen LogP contribution in [0, 0.1) is 0 Å². The highest BCUT2D eigenvalue weighted by Crippen LogP contribution is 2.64. The lowest BCUT2D eigenvalue weighted by atomic mass is 9.70. The van der Waals surface area contributed by atoms with Gasteiger partial charge >= 0.3 is 0 Å². The minimum Gasteiger partial charge on any atom is -0.310 e. The molecule has 0 fully saturated rings. The first kappa shape index (κ1) is 30.5. The molecule has 3 heteroatoms. The van der Waals surface area contributed by atoms with E-state index in [1.165, 1.54) is 44.5 Å². The number of para-hydroxylation sites is 2. The van der Waals surface area contributed by atoms with E-state index in [1.54, 1.807) is 0 Å². The fraction of sp³-hybridized carbons (Fsp3) is 0.0204. The number of benzene rings is 8. The van der Waals surface area contributed by atoms with Crippen molar-refractivity contribution in [3.63, 3.8) is 0 Å². The van der Waals surface area contributed by atoms with Crippen molar-refractivity contribution in [2.45, 2.75) is 5.41 Å². The molecule has 0 unspecified atom stereocenters. The fourth-order valence-electron chi connectivity index (χ4n) is 8.73. The van der Waals surface area contributed by atoms with Crippen LogP contribution in [0.5, 0.6) is 0 Å². The summed E-state index contributed by atoms with van der Waals surface area (Å²) in [6.07, 6.45) is 0. The first-order valence-corrected chi connectivity index (χ1v) is 18.1. The minimum atomic E-state index is -0.421. The first-order chi connectivity index (χ1) is 25.7. The standard InChI is InChI=1S/C49H33ClN2/c50-34-16-13-21-37(32-34)51(35-17-3-1-4-18-35)38-22-14-23-39(33-38)52(36-19-5-2-6-20-36)47-31-15-30-46-48(47)42-26-9-12-29-45(42)49(46)43-27-10-7-24-40(43)41-25-8-11-28-44(41)49/h1-33H. The molecule has 0 saturated heterocycles. The maximum Gasteiger partial charge on any atom is 0.0726 e. The van der Waals surface area contributed by atoms with Gasteiger partial charge in [-0.05, 0) is 106 Å². The van der Waals surface area contributed by atoms with Gasteiger partial charge in [-0.2, -0.15) is 0 Å². The molecule has 8 aromatic rings. The molecular weight excluding hydrogens is 652 g/mol. The van der Waals surface area contributed by atoms with E-state index in [-0.39, 0.29) is 0 Å². The quantitative estimate of drug-likeness (QED) is 0.172. The second-order valence-electron chi connectivity index (χ2n) is 13.4. The van der Waals surface area contributed by atoms with Crippen LogP contribution in [-0.4, -0.2) is 0 Å². The number of nitrogens with zero attached hydrogens (tertiary/aromatic N) is 2. The Morgan fingerprint density at radius 1 is 0.327 bits per heavy atom. The lowest BCUT2D eigenvalue weighted by molar-refractivity contribution is 0.794. The van der Waals surface area contributed by atoms with Gasteiger partial charge in [-0.1, -0.05) is 145 Å². The second kappa shape index (κ2) is 12.2. The van der Waals surface area contributed by atoms with Crippen LogP contribution in [0.15, 0.2) is 200 Å². The summed E-state index contributed by atoms with van der Waals surface area (Å²) >= 11 is 6.58.